The van der Waals surface area contributed by atoms with Gasteiger partial charge < -0.3 is 9.80 Å². The first kappa shape index (κ1) is 20.8. The van der Waals surface area contributed by atoms with Gasteiger partial charge in [-0.3, -0.25) is 9.59 Å². The molecule has 1 atom stereocenters. The van der Waals surface area contributed by atoms with Crippen LogP contribution < -0.4 is 4.90 Å². The van der Waals surface area contributed by atoms with Crippen LogP contribution in [-0.4, -0.2) is 73.5 Å². The molecular formula is C21H28N4O4S. The number of anilines is 1. The van der Waals surface area contributed by atoms with Gasteiger partial charge in [-0.25, -0.2) is 13.4 Å². The quantitative estimate of drug-likeness (QED) is 0.702. The monoisotopic (exact) mass is 432 g/mol. The van der Waals surface area contributed by atoms with E-state index in [1.165, 1.54) is 17.9 Å². The maximum atomic E-state index is 13.1. The van der Waals surface area contributed by atoms with E-state index >= 15 is 0 Å². The minimum Gasteiger partial charge on any atom is -0.371 e. The standard InChI is InChI=1S/C21H28N4O4S/c1-23(14-16-6-2-3-7-19(16)24-11-4-5-12-24)21(27)18-8-9-20(26)25(22-18)17-10-13-30(28,29)15-17/h2-3,6-7,17H,4-5,8-15H2,1H3. The van der Waals surface area contributed by atoms with E-state index in [9.17, 15) is 18.0 Å². The van der Waals surface area contributed by atoms with Crippen molar-refractivity contribution in [2.24, 2.45) is 5.10 Å². The molecule has 2 saturated heterocycles. The third-order valence-electron chi connectivity index (χ3n) is 6.05. The predicted molar refractivity (Wildman–Crippen MR) is 115 cm³/mol. The van der Waals surface area contributed by atoms with Gasteiger partial charge in [0.05, 0.1) is 17.5 Å². The number of benzene rings is 1. The first-order chi connectivity index (χ1) is 14.3. The van der Waals surface area contributed by atoms with E-state index in [1.807, 2.05) is 18.2 Å². The smallest absolute Gasteiger partial charge is 0.270 e. The Morgan fingerprint density at radius 1 is 1.20 bits per heavy atom. The van der Waals surface area contributed by atoms with Crippen LogP contribution in [0.4, 0.5) is 5.69 Å². The van der Waals surface area contributed by atoms with Gasteiger partial charge in [-0.1, -0.05) is 18.2 Å². The lowest BCUT2D eigenvalue weighted by atomic mass is 10.1. The molecule has 8 nitrogen and oxygen atoms in total. The van der Waals surface area contributed by atoms with E-state index in [-0.39, 0.29) is 36.2 Å². The van der Waals surface area contributed by atoms with Crippen LogP contribution in [0.15, 0.2) is 29.4 Å². The van der Waals surface area contributed by atoms with Gasteiger partial charge >= 0.3 is 0 Å². The van der Waals surface area contributed by atoms with E-state index in [0.717, 1.165) is 24.3 Å². The molecule has 4 rings (SSSR count). The highest BCUT2D eigenvalue weighted by Crippen LogP contribution is 2.26. The average Bonchev–Trinajstić information content (AvgIpc) is 3.38. The van der Waals surface area contributed by atoms with Crippen LogP contribution in [-0.2, 0) is 26.0 Å². The summed E-state index contributed by atoms with van der Waals surface area (Å²) in [5.74, 6) is -0.448. The molecule has 3 aliphatic rings. The number of hydrazone groups is 1. The molecule has 0 radical (unpaired) electrons. The van der Waals surface area contributed by atoms with Gasteiger partial charge in [-0.15, -0.1) is 0 Å². The maximum Gasteiger partial charge on any atom is 0.270 e. The van der Waals surface area contributed by atoms with Crippen molar-refractivity contribution in [1.29, 1.82) is 0 Å². The zero-order valence-corrected chi connectivity index (χ0v) is 18.1. The summed E-state index contributed by atoms with van der Waals surface area (Å²) < 4.78 is 23.6. The van der Waals surface area contributed by atoms with Crippen LogP contribution >= 0.6 is 0 Å². The SMILES string of the molecule is CN(Cc1ccccc1N1CCCC1)C(=O)C1=NN(C2CCS(=O)(=O)C2)C(=O)CC1. The maximum absolute atomic E-state index is 13.1. The lowest BCUT2D eigenvalue weighted by Crippen LogP contribution is -2.44. The summed E-state index contributed by atoms with van der Waals surface area (Å²) >= 11 is 0. The van der Waals surface area contributed by atoms with Crippen molar-refractivity contribution in [3.05, 3.63) is 29.8 Å². The number of carbonyl (C=O) groups is 2. The minimum absolute atomic E-state index is 0.0629. The van der Waals surface area contributed by atoms with Gasteiger partial charge in [0.1, 0.15) is 5.71 Å². The summed E-state index contributed by atoms with van der Waals surface area (Å²) in [6, 6.07) is 7.67. The number of nitrogens with zero attached hydrogens (tertiary/aromatic N) is 4. The Morgan fingerprint density at radius 2 is 1.93 bits per heavy atom. The summed E-state index contributed by atoms with van der Waals surface area (Å²) in [5.41, 5.74) is 2.56. The van der Waals surface area contributed by atoms with Crippen LogP contribution in [0.5, 0.6) is 0 Å². The van der Waals surface area contributed by atoms with Crippen molar-refractivity contribution in [2.75, 3.05) is 36.5 Å². The highest BCUT2D eigenvalue weighted by molar-refractivity contribution is 7.91. The molecule has 1 aromatic rings. The number of carbonyl (C=O) groups excluding carboxylic acids is 2. The molecule has 2 fully saturated rings. The second-order valence-electron chi connectivity index (χ2n) is 8.33. The van der Waals surface area contributed by atoms with Crippen LogP contribution in [0, 0.1) is 0 Å². The zero-order valence-electron chi connectivity index (χ0n) is 17.3. The van der Waals surface area contributed by atoms with Crippen LogP contribution in [0.25, 0.3) is 0 Å². The van der Waals surface area contributed by atoms with E-state index in [0.29, 0.717) is 18.7 Å². The van der Waals surface area contributed by atoms with Crippen molar-refractivity contribution in [2.45, 2.75) is 44.7 Å². The van der Waals surface area contributed by atoms with Crippen molar-refractivity contribution >= 4 is 33.1 Å². The normalized spacial score (nSPS) is 23.6. The molecule has 3 aliphatic heterocycles. The molecule has 3 heterocycles. The second kappa shape index (κ2) is 8.37. The van der Waals surface area contributed by atoms with E-state index in [1.54, 1.807) is 11.9 Å². The fourth-order valence-corrected chi connectivity index (χ4v) is 6.13. The van der Waals surface area contributed by atoms with Gasteiger partial charge in [-0.2, -0.15) is 5.10 Å². The third kappa shape index (κ3) is 4.35. The van der Waals surface area contributed by atoms with Gasteiger partial charge in [0.2, 0.25) is 5.91 Å². The molecule has 1 unspecified atom stereocenters. The zero-order chi connectivity index (χ0) is 21.3. The van der Waals surface area contributed by atoms with E-state index < -0.39 is 15.9 Å². The summed E-state index contributed by atoms with van der Waals surface area (Å²) in [4.78, 5) is 29.3. The predicted octanol–water partition coefficient (Wildman–Crippen LogP) is 1.41. The lowest BCUT2D eigenvalue weighted by Gasteiger charge is -2.29. The van der Waals surface area contributed by atoms with Gasteiger partial charge in [0.15, 0.2) is 9.84 Å². The molecule has 0 N–H and O–H groups in total. The van der Waals surface area contributed by atoms with Crippen molar-refractivity contribution in [3.8, 4) is 0 Å². The fraction of sp³-hybridized carbons (Fsp3) is 0.571. The first-order valence-electron chi connectivity index (χ1n) is 10.5. The summed E-state index contributed by atoms with van der Waals surface area (Å²) in [6.45, 7) is 2.52. The van der Waals surface area contributed by atoms with Crippen molar-refractivity contribution in [1.82, 2.24) is 9.91 Å². The minimum atomic E-state index is -3.14. The van der Waals surface area contributed by atoms with Crippen molar-refractivity contribution in [3.63, 3.8) is 0 Å². The Hall–Kier alpha value is -2.42. The van der Waals surface area contributed by atoms with Crippen molar-refractivity contribution < 1.29 is 18.0 Å². The number of hydrogen-bond acceptors (Lipinski definition) is 6. The second-order valence-corrected chi connectivity index (χ2v) is 10.6. The number of sulfone groups is 1. The number of amides is 2. The Morgan fingerprint density at radius 3 is 2.63 bits per heavy atom. The van der Waals surface area contributed by atoms with Crippen LogP contribution in [0.2, 0.25) is 0 Å². The molecule has 2 amide bonds. The fourth-order valence-electron chi connectivity index (χ4n) is 4.44. The summed E-state index contributed by atoms with van der Waals surface area (Å²) in [7, 11) is -1.40. The number of hydrogen-bond donors (Lipinski definition) is 0. The topological polar surface area (TPSA) is 90.4 Å². The molecule has 30 heavy (non-hydrogen) atoms. The molecule has 1 aromatic carbocycles. The molecule has 0 aromatic heterocycles. The Balaban J connectivity index is 1.49. The highest BCUT2D eigenvalue weighted by atomic mass is 32.2. The van der Waals surface area contributed by atoms with E-state index in [2.05, 4.69) is 16.1 Å². The molecule has 0 aliphatic carbocycles. The third-order valence-corrected chi connectivity index (χ3v) is 7.80. The largest absolute Gasteiger partial charge is 0.371 e. The molecule has 0 spiro atoms. The molecule has 162 valence electrons. The van der Waals surface area contributed by atoms with E-state index in [4.69, 9.17) is 0 Å². The molecule has 9 heteroatoms. The Bertz CT molecular complexity index is 969. The van der Waals surface area contributed by atoms with Gasteiger partial charge in [0.25, 0.3) is 5.91 Å². The summed E-state index contributed by atoms with van der Waals surface area (Å²) in [6.07, 6.45) is 3.20. The Kier molecular flexibility index (Phi) is 5.81. The molecule has 0 saturated carbocycles. The highest BCUT2D eigenvalue weighted by Gasteiger charge is 2.37. The van der Waals surface area contributed by atoms with Crippen LogP contribution in [0.1, 0.15) is 37.7 Å². The number of rotatable bonds is 5. The molecule has 0 bridgehead atoms. The number of para-hydroxylation sites is 1. The van der Waals surface area contributed by atoms with Gasteiger partial charge in [-0.05, 0) is 30.9 Å². The lowest BCUT2D eigenvalue weighted by molar-refractivity contribution is -0.134. The molecular weight excluding hydrogens is 404 g/mol. The van der Waals surface area contributed by atoms with Crippen LogP contribution in [0.3, 0.4) is 0 Å². The summed E-state index contributed by atoms with van der Waals surface area (Å²) in [5, 5.41) is 5.55. The first-order valence-corrected chi connectivity index (χ1v) is 12.3. The van der Waals surface area contributed by atoms with Gasteiger partial charge in [0, 0.05) is 45.2 Å². The Labute approximate surface area is 177 Å². The average molecular weight is 433 g/mol.